The van der Waals surface area contributed by atoms with Gasteiger partial charge in [0.05, 0.1) is 23.5 Å². The van der Waals surface area contributed by atoms with E-state index in [4.69, 9.17) is 5.73 Å². The zero-order valence-corrected chi connectivity index (χ0v) is 16.0. The SMILES string of the molecule is Cc1nn2c(N)c(C#N)c(NCCc3ccn(C(C)(C)CO)n3)nc2c1C. The van der Waals surface area contributed by atoms with E-state index >= 15 is 0 Å². The number of hydrogen-bond donors (Lipinski definition) is 3. The van der Waals surface area contributed by atoms with Crippen molar-refractivity contribution in [2.45, 2.75) is 39.7 Å². The Balaban J connectivity index is 1.79. The highest BCUT2D eigenvalue weighted by atomic mass is 16.3. The molecule has 9 heteroatoms. The summed E-state index contributed by atoms with van der Waals surface area (Å²) in [5, 5.41) is 31.0. The van der Waals surface area contributed by atoms with E-state index in [1.807, 2.05) is 40.0 Å². The summed E-state index contributed by atoms with van der Waals surface area (Å²) in [5.41, 5.74) is 9.23. The van der Waals surface area contributed by atoms with Crippen molar-refractivity contribution in [2.24, 2.45) is 0 Å². The van der Waals surface area contributed by atoms with Gasteiger partial charge in [0, 0.05) is 24.7 Å². The number of aliphatic hydroxyl groups is 1. The summed E-state index contributed by atoms with van der Waals surface area (Å²) < 4.78 is 3.26. The molecule has 3 aromatic rings. The minimum absolute atomic E-state index is 0.00519. The first-order valence-electron chi connectivity index (χ1n) is 8.73. The molecule has 4 N–H and O–H groups in total. The summed E-state index contributed by atoms with van der Waals surface area (Å²) in [6, 6.07) is 4.02. The number of nitrogens with two attached hydrogens (primary N) is 1. The monoisotopic (exact) mass is 368 g/mol. The average Bonchev–Trinajstić information content (AvgIpc) is 3.22. The fourth-order valence-corrected chi connectivity index (χ4v) is 2.73. The van der Waals surface area contributed by atoms with Crippen LogP contribution in [0.25, 0.3) is 5.65 Å². The quantitative estimate of drug-likeness (QED) is 0.599. The van der Waals surface area contributed by atoms with Gasteiger partial charge in [-0.1, -0.05) is 0 Å². The van der Waals surface area contributed by atoms with E-state index in [-0.39, 0.29) is 18.0 Å². The van der Waals surface area contributed by atoms with Crippen LogP contribution in [0.2, 0.25) is 0 Å². The molecule has 142 valence electrons. The van der Waals surface area contributed by atoms with Crippen molar-refractivity contribution in [2.75, 3.05) is 24.2 Å². The van der Waals surface area contributed by atoms with Gasteiger partial charge in [0.2, 0.25) is 0 Å². The Hall–Kier alpha value is -3.12. The number of nitrogens with zero attached hydrogens (tertiary/aromatic N) is 6. The lowest BCUT2D eigenvalue weighted by Gasteiger charge is -2.22. The van der Waals surface area contributed by atoms with Crippen LogP contribution < -0.4 is 11.1 Å². The molecule has 0 radical (unpaired) electrons. The van der Waals surface area contributed by atoms with E-state index in [9.17, 15) is 10.4 Å². The van der Waals surface area contributed by atoms with E-state index < -0.39 is 5.54 Å². The van der Waals surface area contributed by atoms with Gasteiger partial charge in [-0.3, -0.25) is 4.68 Å². The Labute approximate surface area is 157 Å². The number of anilines is 2. The van der Waals surface area contributed by atoms with Gasteiger partial charge in [0.25, 0.3) is 0 Å². The van der Waals surface area contributed by atoms with Gasteiger partial charge in [-0.15, -0.1) is 0 Å². The van der Waals surface area contributed by atoms with Crippen molar-refractivity contribution in [3.8, 4) is 6.07 Å². The molecule has 3 heterocycles. The van der Waals surface area contributed by atoms with Gasteiger partial charge in [-0.2, -0.15) is 20.0 Å². The van der Waals surface area contributed by atoms with Crippen molar-refractivity contribution in [3.63, 3.8) is 0 Å². The molecule has 0 saturated heterocycles. The predicted octanol–water partition coefficient (Wildman–Crippen LogP) is 1.38. The average molecular weight is 368 g/mol. The molecule has 0 amide bonds. The van der Waals surface area contributed by atoms with Crippen LogP contribution in [-0.4, -0.2) is 42.6 Å². The lowest BCUT2D eigenvalue weighted by molar-refractivity contribution is 0.152. The minimum atomic E-state index is -0.446. The molecule has 9 nitrogen and oxygen atoms in total. The first-order valence-corrected chi connectivity index (χ1v) is 8.73. The topological polar surface area (TPSA) is 130 Å². The second kappa shape index (κ2) is 6.89. The van der Waals surface area contributed by atoms with Crippen molar-refractivity contribution < 1.29 is 5.11 Å². The zero-order valence-electron chi connectivity index (χ0n) is 16.0. The molecule has 27 heavy (non-hydrogen) atoms. The summed E-state index contributed by atoms with van der Waals surface area (Å²) in [7, 11) is 0. The van der Waals surface area contributed by atoms with E-state index in [2.05, 4.69) is 26.6 Å². The van der Waals surface area contributed by atoms with Gasteiger partial charge in [0.1, 0.15) is 23.3 Å². The molecule has 0 aliphatic rings. The number of nitrogen functional groups attached to an aromatic ring is 1. The third kappa shape index (κ3) is 3.31. The van der Waals surface area contributed by atoms with Crippen LogP contribution in [0, 0.1) is 25.2 Å². The number of fused-ring (bicyclic) bond motifs is 1. The normalized spacial score (nSPS) is 11.7. The maximum absolute atomic E-state index is 9.48. The molecule has 3 rings (SSSR count). The van der Waals surface area contributed by atoms with Crippen LogP contribution in [0.15, 0.2) is 12.3 Å². The smallest absolute Gasteiger partial charge is 0.162 e. The second-order valence-corrected chi connectivity index (χ2v) is 7.18. The molecule has 3 aromatic heterocycles. The lowest BCUT2D eigenvalue weighted by atomic mass is 10.1. The molecular weight excluding hydrogens is 344 g/mol. The van der Waals surface area contributed by atoms with Crippen LogP contribution in [-0.2, 0) is 12.0 Å². The fraction of sp³-hybridized carbons (Fsp3) is 0.444. The molecule has 0 aromatic carbocycles. The number of nitrogens with one attached hydrogen (secondary N) is 1. The van der Waals surface area contributed by atoms with Crippen LogP contribution in [0.3, 0.4) is 0 Å². The van der Waals surface area contributed by atoms with Crippen molar-refractivity contribution >= 4 is 17.3 Å². The van der Waals surface area contributed by atoms with E-state index in [1.165, 1.54) is 4.52 Å². The first kappa shape index (κ1) is 18.7. The molecule has 0 spiro atoms. The molecular formula is C18H24N8O. The largest absolute Gasteiger partial charge is 0.394 e. The summed E-state index contributed by atoms with van der Waals surface area (Å²) in [5.74, 6) is 0.718. The highest BCUT2D eigenvalue weighted by Gasteiger charge is 2.20. The molecule has 0 saturated carbocycles. The molecule has 0 aliphatic heterocycles. The molecule has 0 bridgehead atoms. The number of hydrogen-bond acceptors (Lipinski definition) is 7. The standard InChI is InChI=1S/C18H24N8O/c1-11-12(2)23-26-15(20)14(9-19)16(22-17(11)26)21-7-5-13-6-8-25(24-13)18(3,4)10-27/h6,8,27H,5,7,10,20H2,1-4H3,(H,21,22). The Kier molecular flexibility index (Phi) is 4.76. The number of rotatable bonds is 6. The Morgan fingerprint density at radius 3 is 2.74 bits per heavy atom. The Morgan fingerprint density at radius 1 is 1.33 bits per heavy atom. The summed E-state index contributed by atoms with van der Waals surface area (Å²) >= 11 is 0. The third-order valence-corrected chi connectivity index (χ3v) is 4.70. The Bertz CT molecular complexity index is 1020. The van der Waals surface area contributed by atoms with Crippen molar-refractivity contribution in [1.82, 2.24) is 24.4 Å². The van der Waals surface area contributed by atoms with Gasteiger partial charge in [-0.05, 0) is 33.8 Å². The van der Waals surface area contributed by atoms with Crippen molar-refractivity contribution in [3.05, 3.63) is 34.8 Å². The fourth-order valence-electron chi connectivity index (χ4n) is 2.73. The second-order valence-electron chi connectivity index (χ2n) is 7.18. The van der Waals surface area contributed by atoms with Crippen LogP contribution in [0.4, 0.5) is 11.6 Å². The molecule has 0 unspecified atom stereocenters. The van der Waals surface area contributed by atoms with Crippen LogP contribution >= 0.6 is 0 Å². The van der Waals surface area contributed by atoms with Gasteiger partial charge in [-0.25, -0.2) is 4.98 Å². The third-order valence-electron chi connectivity index (χ3n) is 4.70. The van der Waals surface area contributed by atoms with Gasteiger partial charge < -0.3 is 16.2 Å². The van der Waals surface area contributed by atoms with E-state index in [1.54, 1.807) is 4.68 Å². The van der Waals surface area contributed by atoms with Crippen LogP contribution in [0.5, 0.6) is 0 Å². The van der Waals surface area contributed by atoms with Crippen LogP contribution in [0.1, 0.15) is 36.4 Å². The summed E-state index contributed by atoms with van der Waals surface area (Å²) in [6.45, 7) is 8.19. The number of nitriles is 1. The minimum Gasteiger partial charge on any atom is -0.394 e. The molecule has 0 fully saturated rings. The first-order chi connectivity index (χ1) is 12.8. The summed E-state index contributed by atoms with van der Waals surface area (Å²) in [4.78, 5) is 4.54. The molecule has 0 aliphatic carbocycles. The zero-order chi connectivity index (χ0) is 19.8. The number of aliphatic hydroxyl groups excluding tert-OH is 1. The maximum atomic E-state index is 9.48. The highest BCUT2D eigenvalue weighted by Crippen LogP contribution is 2.24. The molecule has 0 atom stereocenters. The van der Waals surface area contributed by atoms with Gasteiger partial charge >= 0.3 is 0 Å². The number of aromatic nitrogens is 5. The Morgan fingerprint density at radius 2 is 2.07 bits per heavy atom. The van der Waals surface area contributed by atoms with Crippen molar-refractivity contribution in [1.29, 1.82) is 5.26 Å². The number of aryl methyl sites for hydroxylation is 2. The lowest BCUT2D eigenvalue weighted by Crippen LogP contribution is -2.31. The predicted molar refractivity (Wildman–Crippen MR) is 102 cm³/mol. The van der Waals surface area contributed by atoms with E-state index in [0.29, 0.717) is 24.4 Å². The maximum Gasteiger partial charge on any atom is 0.162 e. The van der Waals surface area contributed by atoms with E-state index in [0.717, 1.165) is 17.0 Å². The highest BCUT2D eigenvalue weighted by molar-refractivity contribution is 5.69. The summed E-state index contributed by atoms with van der Waals surface area (Å²) in [6.07, 6.45) is 2.50. The van der Waals surface area contributed by atoms with Gasteiger partial charge in [0.15, 0.2) is 5.65 Å².